The maximum atomic E-state index is 5.73. The van der Waals surface area contributed by atoms with Crippen molar-refractivity contribution in [2.45, 2.75) is 45.3 Å². The number of hydrogen-bond donors (Lipinski definition) is 0. The largest absolute Gasteiger partial charge is 0.493 e. The molecular weight excluding hydrogens is 338 g/mol. The predicted molar refractivity (Wildman–Crippen MR) is 98.5 cm³/mol. The van der Waals surface area contributed by atoms with Gasteiger partial charge in [0.25, 0.3) is 4.84 Å². The summed E-state index contributed by atoms with van der Waals surface area (Å²) in [5.41, 5.74) is 0.813. The van der Waals surface area contributed by atoms with Crippen LogP contribution in [0.2, 0.25) is 0 Å². The molecule has 1 saturated heterocycles. The Labute approximate surface area is 153 Å². The zero-order valence-corrected chi connectivity index (χ0v) is 15.8. The third kappa shape index (κ3) is 3.88. The molecule has 0 saturated carbocycles. The van der Waals surface area contributed by atoms with Crippen molar-refractivity contribution in [3.05, 3.63) is 23.0 Å². The number of ether oxygens (including phenoxy) is 2. The van der Waals surface area contributed by atoms with Gasteiger partial charge in [0.2, 0.25) is 5.89 Å². The zero-order valence-electron chi connectivity index (χ0n) is 15.0. The second-order valence-corrected chi connectivity index (χ2v) is 6.60. The fourth-order valence-electron chi connectivity index (χ4n) is 3.36. The van der Waals surface area contributed by atoms with Gasteiger partial charge < -0.3 is 13.9 Å². The molecule has 2 aromatic rings. The van der Waals surface area contributed by atoms with E-state index in [2.05, 4.69) is 16.9 Å². The molecule has 3 rings (SSSR count). The van der Waals surface area contributed by atoms with Crippen LogP contribution < -0.4 is 9.47 Å². The Kier molecular flexibility index (Phi) is 5.75. The van der Waals surface area contributed by atoms with Gasteiger partial charge in [-0.2, -0.15) is 0 Å². The molecule has 0 N–H and O–H groups in total. The van der Waals surface area contributed by atoms with Gasteiger partial charge in [-0.3, -0.25) is 4.90 Å². The van der Waals surface area contributed by atoms with Gasteiger partial charge in [-0.1, -0.05) is 13.3 Å². The van der Waals surface area contributed by atoms with E-state index in [1.165, 1.54) is 19.3 Å². The van der Waals surface area contributed by atoms with E-state index in [4.69, 9.17) is 26.1 Å². The SMILES string of the molecule is CC[C@H]1CCCCN1Cn1nc(-c2ccc(OC)c(OC)c2)oc1=S. The van der Waals surface area contributed by atoms with Crippen molar-refractivity contribution in [3.8, 4) is 23.0 Å². The van der Waals surface area contributed by atoms with Gasteiger partial charge >= 0.3 is 0 Å². The number of aromatic nitrogens is 2. The van der Waals surface area contributed by atoms with Gasteiger partial charge in [0.05, 0.1) is 20.9 Å². The second kappa shape index (κ2) is 8.01. The van der Waals surface area contributed by atoms with Crippen LogP contribution in [-0.4, -0.2) is 41.5 Å². The van der Waals surface area contributed by atoms with Gasteiger partial charge in [0.15, 0.2) is 11.5 Å². The van der Waals surface area contributed by atoms with Gasteiger partial charge in [-0.15, -0.1) is 5.10 Å². The number of hydrogen-bond acceptors (Lipinski definition) is 6. The van der Waals surface area contributed by atoms with Crippen LogP contribution in [0.25, 0.3) is 11.5 Å². The molecule has 0 aliphatic carbocycles. The molecule has 1 aromatic heterocycles. The highest BCUT2D eigenvalue weighted by molar-refractivity contribution is 7.71. The number of likely N-dealkylation sites (tertiary alicyclic amines) is 1. The molecule has 0 radical (unpaired) electrons. The number of nitrogens with zero attached hydrogens (tertiary/aromatic N) is 3. The number of methoxy groups -OCH3 is 2. The van der Waals surface area contributed by atoms with Crippen LogP contribution in [0.5, 0.6) is 11.5 Å². The van der Waals surface area contributed by atoms with Crippen molar-refractivity contribution in [1.29, 1.82) is 0 Å². The van der Waals surface area contributed by atoms with Crippen molar-refractivity contribution in [3.63, 3.8) is 0 Å². The third-order valence-electron chi connectivity index (χ3n) is 4.77. The Morgan fingerprint density at radius 1 is 1.24 bits per heavy atom. The minimum atomic E-state index is 0.394. The molecule has 1 aromatic carbocycles. The third-order valence-corrected chi connectivity index (χ3v) is 5.07. The summed E-state index contributed by atoms with van der Waals surface area (Å²) in [6, 6.07) is 6.17. The Morgan fingerprint density at radius 2 is 2.04 bits per heavy atom. The lowest BCUT2D eigenvalue weighted by Gasteiger charge is -2.34. The van der Waals surface area contributed by atoms with Crippen LogP contribution in [0.3, 0.4) is 0 Å². The minimum absolute atomic E-state index is 0.394. The number of piperidine rings is 1. The van der Waals surface area contributed by atoms with Crippen molar-refractivity contribution in [2.24, 2.45) is 0 Å². The average Bonchev–Trinajstić information content (AvgIpc) is 3.02. The maximum Gasteiger partial charge on any atom is 0.288 e. The van der Waals surface area contributed by atoms with Crippen molar-refractivity contribution >= 4 is 12.2 Å². The average molecular weight is 363 g/mol. The summed E-state index contributed by atoms with van der Waals surface area (Å²) in [7, 11) is 3.22. The lowest BCUT2D eigenvalue weighted by Crippen LogP contribution is -2.40. The minimum Gasteiger partial charge on any atom is -0.493 e. The number of rotatable bonds is 6. The molecule has 1 aliphatic rings. The first kappa shape index (κ1) is 17.9. The molecule has 0 amide bonds. The van der Waals surface area contributed by atoms with Crippen molar-refractivity contribution in [2.75, 3.05) is 20.8 Å². The summed E-state index contributed by atoms with van der Waals surface area (Å²) in [4.78, 5) is 2.84. The Balaban J connectivity index is 1.84. The van der Waals surface area contributed by atoms with Gasteiger partial charge in [0, 0.05) is 18.2 Å². The lowest BCUT2D eigenvalue weighted by atomic mass is 10.0. The van der Waals surface area contributed by atoms with Crippen LogP contribution in [0.4, 0.5) is 0 Å². The Morgan fingerprint density at radius 3 is 2.76 bits per heavy atom. The van der Waals surface area contributed by atoms with E-state index in [-0.39, 0.29) is 0 Å². The monoisotopic (exact) mass is 363 g/mol. The van der Waals surface area contributed by atoms with E-state index in [0.29, 0.717) is 34.9 Å². The quantitative estimate of drug-likeness (QED) is 0.720. The van der Waals surface area contributed by atoms with Gasteiger partial charge in [0.1, 0.15) is 0 Å². The van der Waals surface area contributed by atoms with E-state index >= 15 is 0 Å². The fraction of sp³-hybridized carbons (Fsp3) is 0.556. The zero-order chi connectivity index (χ0) is 17.8. The molecule has 0 spiro atoms. The fourth-order valence-corrected chi connectivity index (χ4v) is 3.54. The van der Waals surface area contributed by atoms with E-state index in [1.54, 1.807) is 18.9 Å². The molecular formula is C18H25N3O3S. The Hall–Kier alpha value is -1.86. The lowest BCUT2D eigenvalue weighted by molar-refractivity contribution is 0.0994. The summed E-state index contributed by atoms with van der Waals surface area (Å²) in [6.45, 7) is 3.99. The van der Waals surface area contributed by atoms with Crippen molar-refractivity contribution < 1.29 is 13.9 Å². The normalized spacial score (nSPS) is 18.3. The van der Waals surface area contributed by atoms with E-state index < -0.39 is 0 Å². The summed E-state index contributed by atoms with van der Waals surface area (Å²) in [5, 5.41) is 4.58. The summed E-state index contributed by atoms with van der Waals surface area (Å²) in [5.74, 6) is 1.80. The highest BCUT2D eigenvalue weighted by Gasteiger charge is 2.22. The van der Waals surface area contributed by atoms with Gasteiger partial charge in [-0.05, 0) is 49.7 Å². The molecule has 2 heterocycles. The molecule has 136 valence electrons. The molecule has 1 aliphatic heterocycles. The summed E-state index contributed by atoms with van der Waals surface area (Å²) < 4.78 is 18.1. The molecule has 1 fully saturated rings. The van der Waals surface area contributed by atoms with Crippen LogP contribution in [0.1, 0.15) is 32.6 Å². The van der Waals surface area contributed by atoms with Crippen LogP contribution in [0, 0.1) is 4.84 Å². The highest BCUT2D eigenvalue weighted by Crippen LogP contribution is 2.32. The molecule has 1 atom stereocenters. The highest BCUT2D eigenvalue weighted by atomic mass is 32.1. The molecule has 6 nitrogen and oxygen atoms in total. The van der Waals surface area contributed by atoms with Crippen LogP contribution >= 0.6 is 12.2 Å². The molecule has 25 heavy (non-hydrogen) atoms. The number of benzene rings is 1. The molecule has 0 unspecified atom stereocenters. The maximum absolute atomic E-state index is 5.73. The van der Waals surface area contributed by atoms with Crippen LogP contribution in [-0.2, 0) is 6.67 Å². The van der Waals surface area contributed by atoms with E-state index in [0.717, 1.165) is 18.5 Å². The first-order valence-corrected chi connectivity index (χ1v) is 9.11. The standard InChI is InChI=1S/C18H25N3O3S/c1-4-14-7-5-6-10-20(14)12-21-18(25)24-17(19-21)13-8-9-15(22-2)16(11-13)23-3/h8-9,11,14H,4-7,10,12H2,1-3H3/t14-/m0/s1. The summed E-state index contributed by atoms with van der Waals surface area (Å²) >= 11 is 5.38. The second-order valence-electron chi connectivity index (χ2n) is 6.25. The topological polar surface area (TPSA) is 52.7 Å². The van der Waals surface area contributed by atoms with E-state index in [9.17, 15) is 0 Å². The molecule has 7 heteroatoms. The smallest absolute Gasteiger partial charge is 0.288 e. The molecule has 0 bridgehead atoms. The summed E-state index contributed by atoms with van der Waals surface area (Å²) in [6.07, 6.45) is 4.91. The van der Waals surface area contributed by atoms with Crippen molar-refractivity contribution in [1.82, 2.24) is 14.7 Å². The predicted octanol–water partition coefficient (Wildman–Crippen LogP) is 4.11. The first-order valence-electron chi connectivity index (χ1n) is 8.70. The van der Waals surface area contributed by atoms with Gasteiger partial charge in [-0.25, -0.2) is 4.68 Å². The Bertz CT molecular complexity index is 771. The van der Waals surface area contributed by atoms with E-state index in [1.807, 2.05) is 18.2 Å². The van der Waals surface area contributed by atoms with Crippen LogP contribution in [0.15, 0.2) is 22.6 Å². The first-order chi connectivity index (χ1) is 12.2.